The van der Waals surface area contributed by atoms with Crippen molar-refractivity contribution in [3.63, 3.8) is 0 Å². The number of nitrogens with zero attached hydrogens (tertiary/aromatic N) is 7. The standard InChI is InChI=1S/C26H29ClN8O2/c1-16-12-18(20-14-19(37-3)4-5-21(20)27)13-22-25(16)31-26(33-32-22)30-23-15-24(29-17(2)28-23)35-8-6-34(7-9-35)10-11-36/h4-5,12-15,36H,6-11H2,1-3H3,(H,28,29,30,31,33). The van der Waals surface area contributed by atoms with Crippen LogP contribution in [-0.4, -0.2) is 81.6 Å². The van der Waals surface area contributed by atoms with E-state index in [2.05, 4.69) is 35.3 Å². The van der Waals surface area contributed by atoms with Gasteiger partial charge in [0.1, 0.15) is 28.7 Å². The maximum atomic E-state index is 9.18. The van der Waals surface area contributed by atoms with E-state index in [1.54, 1.807) is 7.11 Å². The number of halogens is 1. The van der Waals surface area contributed by atoms with Crippen molar-refractivity contribution >= 4 is 40.2 Å². The van der Waals surface area contributed by atoms with Crippen LogP contribution in [0.15, 0.2) is 36.4 Å². The number of aliphatic hydroxyl groups is 1. The zero-order chi connectivity index (χ0) is 25.9. The summed E-state index contributed by atoms with van der Waals surface area (Å²) in [5.41, 5.74) is 4.13. The first kappa shape index (κ1) is 25.1. The first-order valence-corrected chi connectivity index (χ1v) is 12.5. The summed E-state index contributed by atoms with van der Waals surface area (Å²) in [4.78, 5) is 18.3. The lowest BCUT2D eigenvalue weighted by molar-refractivity contribution is 0.188. The second kappa shape index (κ2) is 10.8. The average molecular weight is 521 g/mol. The number of rotatable bonds is 7. The van der Waals surface area contributed by atoms with Gasteiger partial charge in [0.2, 0.25) is 5.95 Å². The summed E-state index contributed by atoms with van der Waals surface area (Å²) in [6.07, 6.45) is 0. The molecule has 37 heavy (non-hydrogen) atoms. The number of fused-ring (bicyclic) bond motifs is 1. The topological polar surface area (TPSA) is 112 Å². The van der Waals surface area contributed by atoms with E-state index in [9.17, 15) is 5.11 Å². The van der Waals surface area contributed by atoms with Gasteiger partial charge in [-0.2, -0.15) is 0 Å². The SMILES string of the molecule is COc1ccc(Cl)c(-c2cc(C)c3nc(Nc4cc(N5CCN(CCO)CC5)nc(C)n4)nnc3c2)c1. The van der Waals surface area contributed by atoms with Crippen LogP contribution in [0, 0.1) is 13.8 Å². The molecule has 0 saturated carbocycles. The first-order chi connectivity index (χ1) is 17.9. The normalized spacial score (nSPS) is 14.2. The van der Waals surface area contributed by atoms with Crippen molar-refractivity contribution in [3.05, 3.63) is 52.8 Å². The molecule has 11 heteroatoms. The molecule has 1 fully saturated rings. The number of nitrogens with one attached hydrogen (secondary N) is 1. The predicted octanol–water partition coefficient (Wildman–Crippen LogP) is 3.62. The monoisotopic (exact) mass is 520 g/mol. The van der Waals surface area contributed by atoms with Crippen LogP contribution in [-0.2, 0) is 0 Å². The minimum Gasteiger partial charge on any atom is -0.497 e. The fourth-order valence-electron chi connectivity index (χ4n) is 4.51. The van der Waals surface area contributed by atoms with E-state index in [0.717, 1.165) is 60.0 Å². The van der Waals surface area contributed by atoms with Crippen molar-refractivity contribution < 1.29 is 9.84 Å². The lowest BCUT2D eigenvalue weighted by atomic mass is 10.0. The molecule has 0 unspecified atom stereocenters. The quantitative estimate of drug-likeness (QED) is 0.374. The van der Waals surface area contributed by atoms with Crippen LogP contribution in [0.3, 0.4) is 0 Å². The molecule has 2 aromatic heterocycles. The number of hydrogen-bond donors (Lipinski definition) is 2. The third kappa shape index (κ3) is 5.56. The van der Waals surface area contributed by atoms with Crippen molar-refractivity contribution in [2.75, 3.05) is 56.7 Å². The van der Waals surface area contributed by atoms with Crippen molar-refractivity contribution in [2.24, 2.45) is 0 Å². The van der Waals surface area contributed by atoms with Crippen LogP contribution >= 0.6 is 11.6 Å². The van der Waals surface area contributed by atoms with Gasteiger partial charge in [-0.05, 0) is 55.3 Å². The Labute approximate surface area is 220 Å². The highest BCUT2D eigenvalue weighted by molar-refractivity contribution is 6.33. The molecule has 4 aromatic rings. The fraction of sp³-hybridized carbons (Fsp3) is 0.346. The summed E-state index contributed by atoms with van der Waals surface area (Å²) >= 11 is 6.46. The molecule has 10 nitrogen and oxygen atoms in total. The number of hydrogen-bond acceptors (Lipinski definition) is 10. The third-order valence-electron chi connectivity index (χ3n) is 6.41. The predicted molar refractivity (Wildman–Crippen MR) is 145 cm³/mol. The summed E-state index contributed by atoms with van der Waals surface area (Å²) in [7, 11) is 1.63. The molecule has 3 heterocycles. The Morgan fingerprint density at radius 1 is 1.00 bits per heavy atom. The molecule has 0 spiro atoms. The molecule has 0 amide bonds. The van der Waals surface area contributed by atoms with Crippen molar-refractivity contribution in [1.29, 1.82) is 0 Å². The highest BCUT2D eigenvalue weighted by Gasteiger charge is 2.19. The number of anilines is 3. The number of aliphatic hydroxyl groups excluding tert-OH is 1. The van der Waals surface area contributed by atoms with Gasteiger partial charge in [-0.1, -0.05) is 11.6 Å². The van der Waals surface area contributed by atoms with Gasteiger partial charge in [0, 0.05) is 49.4 Å². The van der Waals surface area contributed by atoms with Crippen LogP contribution in [0.1, 0.15) is 11.4 Å². The van der Waals surface area contributed by atoms with Gasteiger partial charge in [0.05, 0.1) is 19.2 Å². The molecular formula is C26H29ClN8O2. The minimum absolute atomic E-state index is 0.177. The molecule has 1 aliphatic rings. The largest absolute Gasteiger partial charge is 0.497 e. The van der Waals surface area contributed by atoms with E-state index in [-0.39, 0.29) is 6.61 Å². The maximum absolute atomic E-state index is 9.18. The van der Waals surface area contributed by atoms with Gasteiger partial charge >= 0.3 is 0 Å². The summed E-state index contributed by atoms with van der Waals surface area (Å²) in [6, 6.07) is 11.4. The summed E-state index contributed by atoms with van der Waals surface area (Å²) in [5.74, 6) is 3.21. The summed E-state index contributed by atoms with van der Waals surface area (Å²) < 4.78 is 5.36. The van der Waals surface area contributed by atoms with E-state index >= 15 is 0 Å². The minimum atomic E-state index is 0.177. The Kier molecular flexibility index (Phi) is 7.31. The smallest absolute Gasteiger partial charge is 0.248 e. The molecule has 0 bridgehead atoms. The van der Waals surface area contributed by atoms with Crippen molar-refractivity contribution in [3.8, 4) is 16.9 Å². The number of benzene rings is 2. The van der Waals surface area contributed by atoms with Crippen LogP contribution < -0.4 is 15.0 Å². The number of ether oxygens (including phenoxy) is 1. The van der Waals surface area contributed by atoms with Crippen molar-refractivity contribution in [1.82, 2.24) is 30.0 Å². The number of aromatic nitrogens is 5. The Hall–Kier alpha value is -3.60. The number of β-amino-alcohol motifs (C(OH)–C–C–N with tert-alkyl or cyclic N) is 1. The fourth-order valence-corrected chi connectivity index (χ4v) is 4.73. The molecule has 0 aliphatic carbocycles. The Balaban J connectivity index is 1.39. The van der Waals surface area contributed by atoms with Gasteiger partial charge in [-0.3, -0.25) is 4.90 Å². The van der Waals surface area contributed by atoms with Gasteiger partial charge in [-0.15, -0.1) is 10.2 Å². The lowest BCUT2D eigenvalue weighted by Crippen LogP contribution is -2.47. The molecule has 2 aromatic carbocycles. The Bertz CT molecular complexity index is 1430. The number of methoxy groups -OCH3 is 1. The van der Waals surface area contributed by atoms with E-state index in [1.165, 1.54) is 0 Å². The van der Waals surface area contributed by atoms with Gasteiger partial charge in [0.15, 0.2) is 0 Å². The van der Waals surface area contributed by atoms with Crippen LogP contribution in [0.25, 0.3) is 22.2 Å². The molecular weight excluding hydrogens is 492 g/mol. The van der Waals surface area contributed by atoms with E-state index in [0.29, 0.717) is 34.7 Å². The van der Waals surface area contributed by atoms with Crippen LogP contribution in [0.5, 0.6) is 5.75 Å². The lowest BCUT2D eigenvalue weighted by Gasteiger charge is -2.35. The molecule has 1 aliphatic heterocycles. The zero-order valence-corrected chi connectivity index (χ0v) is 21.8. The Morgan fingerprint density at radius 2 is 1.81 bits per heavy atom. The molecule has 2 N–H and O–H groups in total. The molecule has 1 saturated heterocycles. The van der Waals surface area contributed by atoms with Crippen LogP contribution in [0.2, 0.25) is 5.02 Å². The molecule has 0 atom stereocenters. The summed E-state index contributed by atoms with van der Waals surface area (Å²) in [6.45, 7) is 8.16. The van der Waals surface area contributed by atoms with Gasteiger partial charge < -0.3 is 20.1 Å². The Morgan fingerprint density at radius 3 is 2.57 bits per heavy atom. The van der Waals surface area contributed by atoms with E-state index < -0.39 is 0 Å². The maximum Gasteiger partial charge on any atom is 0.248 e. The zero-order valence-electron chi connectivity index (χ0n) is 21.1. The highest BCUT2D eigenvalue weighted by atomic mass is 35.5. The number of aryl methyl sites for hydroxylation is 2. The molecule has 5 rings (SSSR count). The highest BCUT2D eigenvalue weighted by Crippen LogP contribution is 2.34. The first-order valence-electron chi connectivity index (χ1n) is 12.1. The van der Waals surface area contributed by atoms with Crippen LogP contribution in [0.4, 0.5) is 17.6 Å². The van der Waals surface area contributed by atoms with Gasteiger partial charge in [-0.25, -0.2) is 15.0 Å². The average Bonchev–Trinajstić information content (AvgIpc) is 2.89. The van der Waals surface area contributed by atoms with E-state index in [1.807, 2.05) is 50.2 Å². The second-order valence-electron chi connectivity index (χ2n) is 8.98. The molecule has 0 radical (unpaired) electrons. The second-order valence-corrected chi connectivity index (χ2v) is 9.39. The van der Waals surface area contributed by atoms with E-state index in [4.69, 9.17) is 21.3 Å². The number of piperazine rings is 1. The molecule has 192 valence electrons. The van der Waals surface area contributed by atoms with Crippen molar-refractivity contribution in [2.45, 2.75) is 13.8 Å². The third-order valence-corrected chi connectivity index (χ3v) is 6.74. The summed E-state index contributed by atoms with van der Waals surface area (Å²) in [5, 5.41) is 21.7. The van der Waals surface area contributed by atoms with Gasteiger partial charge in [0.25, 0.3) is 0 Å².